The summed E-state index contributed by atoms with van der Waals surface area (Å²) in [4.78, 5) is 4.14. The Labute approximate surface area is 119 Å². The maximum absolute atomic E-state index is 5.84. The molecule has 0 spiro atoms. The molecule has 0 bridgehead atoms. The van der Waals surface area contributed by atoms with Crippen LogP contribution in [0.2, 0.25) is 0 Å². The first kappa shape index (κ1) is 14.5. The second-order valence-corrected chi connectivity index (χ2v) is 4.57. The number of nitrogens with zero attached hydrogens (tertiary/aromatic N) is 2. The molecule has 1 atom stereocenters. The van der Waals surface area contributed by atoms with Gasteiger partial charge in [-0.3, -0.25) is 0 Å². The first-order valence-electron chi connectivity index (χ1n) is 6.98. The average Bonchev–Trinajstić information content (AvgIpc) is 2.89. The second-order valence-electron chi connectivity index (χ2n) is 4.57. The summed E-state index contributed by atoms with van der Waals surface area (Å²) >= 11 is 0. The fraction of sp³-hybridized carbons (Fsp3) is 0.467. The lowest BCUT2D eigenvalue weighted by atomic mass is 10.0. The molecule has 1 N–H and O–H groups in total. The predicted octanol–water partition coefficient (Wildman–Crippen LogP) is 3.02. The van der Waals surface area contributed by atoms with E-state index >= 15 is 0 Å². The quantitative estimate of drug-likeness (QED) is 0.841. The van der Waals surface area contributed by atoms with Gasteiger partial charge < -0.3 is 14.6 Å². The van der Waals surface area contributed by atoms with Crippen LogP contribution in [-0.4, -0.2) is 16.7 Å². The maximum atomic E-state index is 5.84. The zero-order chi connectivity index (χ0) is 14.4. The molecule has 0 amide bonds. The van der Waals surface area contributed by atoms with Crippen molar-refractivity contribution in [3.8, 4) is 5.75 Å². The van der Waals surface area contributed by atoms with Crippen LogP contribution >= 0.6 is 0 Å². The third kappa shape index (κ3) is 3.57. The summed E-state index contributed by atoms with van der Waals surface area (Å²) in [5, 5.41) is 7.30. The second kappa shape index (κ2) is 7.05. The molecular formula is C15H21N3O2. The van der Waals surface area contributed by atoms with E-state index in [1.165, 1.54) is 0 Å². The Balaban J connectivity index is 2.10. The molecule has 0 aliphatic heterocycles. The fourth-order valence-corrected chi connectivity index (χ4v) is 2.16. The van der Waals surface area contributed by atoms with Gasteiger partial charge in [0, 0.05) is 18.5 Å². The fourth-order valence-electron chi connectivity index (χ4n) is 2.16. The van der Waals surface area contributed by atoms with Crippen molar-refractivity contribution >= 4 is 0 Å². The van der Waals surface area contributed by atoms with Gasteiger partial charge in [0.2, 0.25) is 11.7 Å². The number of aryl methyl sites for hydroxylation is 1. The molecule has 0 aliphatic rings. The van der Waals surface area contributed by atoms with Crippen LogP contribution in [0.25, 0.3) is 0 Å². The van der Waals surface area contributed by atoms with Crippen molar-refractivity contribution in [2.45, 2.75) is 39.8 Å². The first-order valence-corrected chi connectivity index (χ1v) is 6.98. The van der Waals surface area contributed by atoms with Crippen molar-refractivity contribution in [1.29, 1.82) is 0 Å². The van der Waals surface area contributed by atoms with Crippen LogP contribution in [0.3, 0.4) is 0 Å². The third-order valence-corrected chi connectivity index (χ3v) is 3.08. The molecule has 1 aromatic heterocycles. The summed E-state index contributed by atoms with van der Waals surface area (Å²) in [6.45, 7) is 7.28. The van der Waals surface area contributed by atoms with E-state index in [9.17, 15) is 0 Å². The number of nitrogens with one attached hydrogen (secondary N) is 1. The normalized spacial score (nSPS) is 12.3. The van der Waals surface area contributed by atoms with Crippen LogP contribution < -0.4 is 10.1 Å². The number of rotatable bonds is 7. The lowest BCUT2D eigenvalue weighted by molar-refractivity contribution is 0.280. The van der Waals surface area contributed by atoms with E-state index in [2.05, 4.69) is 35.4 Å². The van der Waals surface area contributed by atoms with Crippen LogP contribution in [-0.2, 0) is 6.61 Å². The summed E-state index contributed by atoms with van der Waals surface area (Å²) in [6, 6.07) is 8.36. The molecule has 0 saturated heterocycles. The lowest BCUT2D eigenvalue weighted by Crippen LogP contribution is -2.20. The van der Waals surface area contributed by atoms with Gasteiger partial charge in [-0.1, -0.05) is 37.2 Å². The number of hydrogen-bond acceptors (Lipinski definition) is 5. The van der Waals surface area contributed by atoms with Gasteiger partial charge >= 0.3 is 0 Å². The molecule has 5 heteroatoms. The highest BCUT2D eigenvalue weighted by atomic mass is 16.5. The molecule has 0 saturated carbocycles. The number of hydrogen-bond donors (Lipinski definition) is 1. The SMILES string of the molecule is CCNC(CC)c1ccccc1OCc1noc(C)n1. The van der Waals surface area contributed by atoms with E-state index in [-0.39, 0.29) is 0 Å². The number of aromatic nitrogens is 2. The Hall–Kier alpha value is -1.88. The minimum absolute atomic E-state index is 0.295. The van der Waals surface area contributed by atoms with Gasteiger partial charge in [-0.05, 0) is 19.0 Å². The van der Waals surface area contributed by atoms with E-state index in [0.717, 1.165) is 24.3 Å². The Morgan fingerprint density at radius 3 is 2.75 bits per heavy atom. The predicted molar refractivity (Wildman–Crippen MR) is 76.5 cm³/mol. The van der Waals surface area contributed by atoms with Gasteiger partial charge in [-0.15, -0.1) is 0 Å². The molecule has 5 nitrogen and oxygen atoms in total. The Morgan fingerprint density at radius 2 is 2.10 bits per heavy atom. The highest BCUT2D eigenvalue weighted by Gasteiger charge is 2.13. The number of benzene rings is 1. The van der Waals surface area contributed by atoms with Crippen molar-refractivity contribution < 1.29 is 9.26 Å². The van der Waals surface area contributed by atoms with Crippen molar-refractivity contribution in [2.75, 3.05) is 6.54 Å². The van der Waals surface area contributed by atoms with Crippen LogP contribution in [0, 0.1) is 6.92 Å². The maximum Gasteiger partial charge on any atom is 0.223 e. The number of para-hydroxylation sites is 1. The molecule has 20 heavy (non-hydrogen) atoms. The molecule has 2 aromatic rings. The van der Waals surface area contributed by atoms with Gasteiger partial charge in [-0.25, -0.2) is 0 Å². The van der Waals surface area contributed by atoms with E-state index in [1.54, 1.807) is 6.92 Å². The summed E-state index contributed by atoms with van der Waals surface area (Å²) in [5.41, 5.74) is 1.16. The minimum atomic E-state index is 0.295. The van der Waals surface area contributed by atoms with Crippen molar-refractivity contribution in [3.63, 3.8) is 0 Å². The van der Waals surface area contributed by atoms with Crippen molar-refractivity contribution in [1.82, 2.24) is 15.5 Å². The lowest BCUT2D eigenvalue weighted by Gasteiger charge is -2.19. The smallest absolute Gasteiger partial charge is 0.223 e. The van der Waals surface area contributed by atoms with Crippen LogP contribution in [0.5, 0.6) is 5.75 Å². The third-order valence-electron chi connectivity index (χ3n) is 3.08. The van der Waals surface area contributed by atoms with E-state index in [4.69, 9.17) is 9.26 Å². The van der Waals surface area contributed by atoms with Crippen molar-refractivity contribution in [2.24, 2.45) is 0 Å². The Morgan fingerprint density at radius 1 is 1.30 bits per heavy atom. The largest absolute Gasteiger partial charge is 0.485 e. The van der Waals surface area contributed by atoms with E-state index < -0.39 is 0 Å². The summed E-state index contributed by atoms with van der Waals surface area (Å²) < 4.78 is 10.8. The number of ether oxygens (including phenoxy) is 1. The summed E-state index contributed by atoms with van der Waals surface area (Å²) in [7, 11) is 0. The first-order chi connectivity index (χ1) is 9.74. The van der Waals surface area contributed by atoms with Gasteiger partial charge in [0.05, 0.1) is 0 Å². The standard InChI is InChI=1S/C15H21N3O2/c1-4-13(16-5-2)12-8-6-7-9-14(12)19-10-15-17-11(3)20-18-15/h6-9,13,16H,4-5,10H2,1-3H3. The van der Waals surface area contributed by atoms with Gasteiger partial charge in [-0.2, -0.15) is 4.98 Å². The molecule has 1 unspecified atom stereocenters. The molecule has 0 aliphatic carbocycles. The monoisotopic (exact) mass is 275 g/mol. The molecule has 1 heterocycles. The van der Waals surface area contributed by atoms with Gasteiger partial charge in [0.15, 0.2) is 6.61 Å². The van der Waals surface area contributed by atoms with Crippen LogP contribution in [0.1, 0.15) is 43.6 Å². The minimum Gasteiger partial charge on any atom is -0.485 e. The highest BCUT2D eigenvalue weighted by Crippen LogP contribution is 2.27. The molecule has 0 radical (unpaired) electrons. The highest BCUT2D eigenvalue weighted by molar-refractivity contribution is 5.36. The molecular weight excluding hydrogens is 254 g/mol. The van der Waals surface area contributed by atoms with Crippen LogP contribution in [0.4, 0.5) is 0 Å². The zero-order valence-electron chi connectivity index (χ0n) is 12.2. The van der Waals surface area contributed by atoms with Crippen LogP contribution in [0.15, 0.2) is 28.8 Å². The topological polar surface area (TPSA) is 60.2 Å². The van der Waals surface area contributed by atoms with Crippen molar-refractivity contribution in [3.05, 3.63) is 41.5 Å². The molecule has 2 rings (SSSR count). The van der Waals surface area contributed by atoms with Gasteiger partial charge in [0.25, 0.3) is 0 Å². The molecule has 1 aromatic carbocycles. The summed E-state index contributed by atoms with van der Waals surface area (Å²) in [6.07, 6.45) is 1.01. The Kier molecular flexibility index (Phi) is 5.12. The van der Waals surface area contributed by atoms with Gasteiger partial charge in [0.1, 0.15) is 5.75 Å². The van der Waals surface area contributed by atoms with E-state index in [0.29, 0.717) is 24.4 Å². The average molecular weight is 275 g/mol. The zero-order valence-corrected chi connectivity index (χ0v) is 12.2. The molecule has 0 fully saturated rings. The molecule has 108 valence electrons. The summed E-state index contributed by atoms with van der Waals surface area (Å²) in [5.74, 6) is 1.98. The van der Waals surface area contributed by atoms with E-state index in [1.807, 2.05) is 18.2 Å². The Bertz CT molecular complexity index is 539.